The molecule has 0 N–H and O–H groups in total. The fraction of sp³-hybridized carbons (Fsp3) is 0.917. The van der Waals surface area contributed by atoms with Crippen LogP contribution in [0.1, 0.15) is 39.0 Å². The third-order valence-corrected chi connectivity index (χ3v) is 3.56. The minimum absolute atomic E-state index is 0.277. The Bertz CT molecular complexity index is 205. The summed E-state index contributed by atoms with van der Waals surface area (Å²) in [5.41, 5.74) is 0. The maximum atomic E-state index is 11.9. The van der Waals surface area contributed by atoms with Gasteiger partial charge in [0.1, 0.15) is 0 Å². The topological polar surface area (TPSA) is 29.5 Å². The lowest BCUT2D eigenvalue weighted by Crippen LogP contribution is -2.32. The first-order valence-electron chi connectivity index (χ1n) is 6.23. The standard InChI is InChI=1S/C12H22BrNO2/c1-2-14(9-4-8-13)12(15)7-6-11-5-3-10-16-11/h11H,2-10H2,1H3. The van der Waals surface area contributed by atoms with Crippen molar-refractivity contribution in [2.75, 3.05) is 25.0 Å². The van der Waals surface area contributed by atoms with E-state index < -0.39 is 0 Å². The van der Waals surface area contributed by atoms with Gasteiger partial charge in [-0.05, 0) is 32.6 Å². The highest BCUT2D eigenvalue weighted by Crippen LogP contribution is 2.17. The smallest absolute Gasteiger partial charge is 0.222 e. The van der Waals surface area contributed by atoms with Gasteiger partial charge in [0.15, 0.2) is 0 Å². The third-order valence-electron chi connectivity index (χ3n) is 3.00. The molecule has 1 heterocycles. The van der Waals surface area contributed by atoms with Crippen molar-refractivity contribution < 1.29 is 9.53 Å². The van der Waals surface area contributed by atoms with E-state index in [1.807, 2.05) is 11.8 Å². The van der Waals surface area contributed by atoms with Crippen LogP contribution in [0, 0.1) is 0 Å². The van der Waals surface area contributed by atoms with Gasteiger partial charge in [0.2, 0.25) is 5.91 Å². The monoisotopic (exact) mass is 291 g/mol. The summed E-state index contributed by atoms with van der Waals surface area (Å²) in [7, 11) is 0. The molecule has 0 spiro atoms. The molecule has 0 aliphatic carbocycles. The van der Waals surface area contributed by atoms with E-state index in [0.29, 0.717) is 12.5 Å². The molecule has 94 valence electrons. The molecule has 4 heteroatoms. The second-order valence-electron chi connectivity index (χ2n) is 4.19. The fourth-order valence-electron chi connectivity index (χ4n) is 2.02. The summed E-state index contributed by atoms with van der Waals surface area (Å²) in [6.07, 6.45) is 5.17. The number of hydrogen-bond donors (Lipinski definition) is 0. The lowest BCUT2D eigenvalue weighted by Gasteiger charge is -2.21. The molecule has 1 atom stereocenters. The highest BCUT2D eigenvalue weighted by molar-refractivity contribution is 9.09. The summed E-state index contributed by atoms with van der Waals surface area (Å²) < 4.78 is 5.52. The minimum Gasteiger partial charge on any atom is -0.378 e. The Kier molecular flexibility index (Phi) is 7.05. The van der Waals surface area contributed by atoms with Gasteiger partial charge in [-0.2, -0.15) is 0 Å². The number of amides is 1. The first kappa shape index (κ1) is 14.0. The second kappa shape index (κ2) is 8.07. The first-order chi connectivity index (χ1) is 7.77. The molecular weight excluding hydrogens is 270 g/mol. The molecule has 0 aromatic carbocycles. The van der Waals surface area contributed by atoms with Gasteiger partial charge in [0.25, 0.3) is 0 Å². The normalized spacial score (nSPS) is 20.0. The van der Waals surface area contributed by atoms with Crippen molar-refractivity contribution in [1.82, 2.24) is 4.90 Å². The summed E-state index contributed by atoms with van der Waals surface area (Å²) in [6.45, 7) is 4.60. The summed E-state index contributed by atoms with van der Waals surface area (Å²) in [4.78, 5) is 13.8. The van der Waals surface area contributed by atoms with E-state index >= 15 is 0 Å². The molecule has 1 amide bonds. The zero-order valence-corrected chi connectivity index (χ0v) is 11.7. The van der Waals surface area contributed by atoms with Gasteiger partial charge in [0, 0.05) is 31.4 Å². The zero-order chi connectivity index (χ0) is 11.8. The van der Waals surface area contributed by atoms with Crippen molar-refractivity contribution >= 4 is 21.8 Å². The van der Waals surface area contributed by atoms with E-state index in [2.05, 4.69) is 15.9 Å². The molecule has 0 radical (unpaired) electrons. The van der Waals surface area contributed by atoms with Crippen LogP contribution < -0.4 is 0 Å². The van der Waals surface area contributed by atoms with Crippen LogP contribution in [0.3, 0.4) is 0 Å². The molecule has 1 aliphatic rings. The number of ether oxygens (including phenoxy) is 1. The van der Waals surface area contributed by atoms with Crippen LogP contribution in [0.15, 0.2) is 0 Å². The van der Waals surface area contributed by atoms with Crippen molar-refractivity contribution in [3.8, 4) is 0 Å². The maximum absolute atomic E-state index is 11.9. The van der Waals surface area contributed by atoms with E-state index in [4.69, 9.17) is 4.74 Å². The van der Waals surface area contributed by atoms with E-state index in [9.17, 15) is 4.79 Å². The number of rotatable bonds is 7. The molecule has 1 aliphatic heterocycles. The Balaban J connectivity index is 2.19. The fourth-order valence-corrected chi connectivity index (χ4v) is 2.28. The van der Waals surface area contributed by atoms with Gasteiger partial charge in [-0.25, -0.2) is 0 Å². The summed E-state index contributed by atoms with van der Waals surface area (Å²) >= 11 is 3.39. The van der Waals surface area contributed by atoms with Gasteiger partial charge in [-0.15, -0.1) is 0 Å². The van der Waals surface area contributed by atoms with Crippen LogP contribution in [-0.2, 0) is 9.53 Å². The highest BCUT2D eigenvalue weighted by atomic mass is 79.9. The number of carbonyl (C=O) groups excluding carboxylic acids is 1. The Labute approximate surface area is 107 Å². The molecule has 0 bridgehead atoms. The molecule has 1 saturated heterocycles. The number of alkyl halides is 1. The van der Waals surface area contributed by atoms with Gasteiger partial charge in [-0.1, -0.05) is 15.9 Å². The summed E-state index contributed by atoms with van der Waals surface area (Å²) in [5, 5.41) is 0.961. The summed E-state index contributed by atoms with van der Waals surface area (Å²) in [5.74, 6) is 0.277. The zero-order valence-electron chi connectivity index (χ0n) is 10.1. The number of hydrogen-bond acceptors (Lipinski definition) is 2. The van der Waals surface area contributed by atoms with Crippen molar-refractivity contribution in [1.29, 1.82) is 0 Å². The Hall–Kier alpha value is -0.0900. The van der Waals surface area contributed by atoms with Crippen LogP contribution in [0.2, 0.25) is 0 Å². The average molecular weight is 292 g/mol. The minimum atomic E-state index is 0.277. The quantitative estimate of drug-likeness (QED) is 0.675. The number of nitrogens with zero attached hydrogens (tertiary/aromatic N) is 1. The largest absolute Gasteiger partial charge is 0.378 e. The average Bonchev–Trinajstić information content (AvgIpc) is 2.80. The Morgan fingerprint density at radius 1 is 1.56 bits per heavy atom. The van der Waals surface area contributed by atoms with Crippen LogP contribution in [0.25, 0.3) is 0 Å². The SMILES string of the molecule is CCN(CCCBr)C(=O)CCC1CCCO1. The third kappa shape index (κ3) is 4.83. The second-order valence-corrected chi connectivity index (χ2v) is 4.98. The molecule has 0 aromatic rings. The van der Waals surface area contributed by atoms with E-state index in [-0.39, 0.29) is 5.91 Å². The molecule has 3 nitrogen and oxygen atoms in total. The lowest BCUT2D eigenvalue weighted by molar-refractivity contribution is -0.131. The molecule has 1 fully saturated rings. The van der Waals surface area contributed by atoms with Gasteiger partial charge >= 0.3 is 0 Å². The maximum Gasteiger partial charge on any atom is 0.222 e. The molecule has 16 heavy (non-hydrogen) atoms. The van der Waals surface area contributed by atoms with Crippen LogP contribution in [0.4, 0.5) is 0 Å². The van der Waals surface area contributed by atoms with Crippen molar-refractivity contribution in [2.24, 2.45) is 0 Å². The van der Waals surface area contributed by atoms with Crippen LogP contribution in [-0.4, -0.2) is 41.9 Å². The molecule has 0 saturated carbocycles. The van der Waals surface area contributed by atoms with Crippen LogP contribution in [0.5, 0.6) is 0 Å². The molecule has 1 unspecified atom stereocenters. The van der Waals surface area contributed by atoms with E-state index in [0.717, 1.165) is 50.7 Å². The van der Waals surface area contributed by atoms with Crippen molar-refractivity contribution in [3.63, 3.8) is 0 Å². The van der Waals surface area contributed by atoms with E-state index in [1.54, 1.807) is 0 Å². The predicted molar refractivity (Wildman–Crippen MR) is 68.9 cm³/mol. The van der Waals surface area contributed by atoms with Gasteiger partial charge in [-0.3, -0.25) is 4.79 Å². The molecular formula is C12H22BrNO2. The lowest BCUT2D eigenvalue weighted by atomic mass is 10.1. The Morgan fingerprint density at radius 2 is 2.38 bits per heavy atom. The summed E-state index contributed by atoms with van der Waals surface area (Å²) in [6, 6.07) is 0. The van der Waals surface area contributed by atoms with Crippen molar-refractivity contribution in [3.05, 3.63) is 0 Å². The first-order valence-corrected chi connectivity index (χ1v) is 7.35. The van der Waals surface area contributed by atoms with Gasteiger partial charge in [0.05, 0.1) is 6.10 Å². The van der Waals surface area contributed by atoms with E-state index in [1.165, 1.54) is 0 Å². The number of carbonyl (C=O) groups is 1. The van der Waals surface area contributed by atoms with Gasteiger partial charge < -0.3 is 9.64 Å². The molecule has 1 rings (SSSR count). The van der Waals surface area contributed by atoms with Crippen LogP contribution >= 0.6 is 15.9 Å². The molecule has 0 aromatic heterocycles. The van der Waals surface area contributed by atoms with Crippen molar-refractivity contribution in [2.45, 2.75) is 45.1 Å². The Morgan fingerprint density at radius 3 is 2.94 bits per heavy atom. The highest BCUT2D eigenvalue weighted by Gasteiger charge is 2.18. The number of halogens is 1. The predicted octanol–water partition coefficient (Wildman–Crippen LogP) is 2.58.